The second kappa shape index (κ2) is 6.82. The summed E-state index contributed by atoms with van der Waals surface area (Å²) in [5.74, 6) is -0.819. The maximum Gasteiger partial charge on any atom is 0.257 e. The minimum Gasteiger partial charge on any atom is -0.366 e. The van der Waals surface area contributed by atoms with E-state index in [4.69, 9.17) is 18.0 Å². The molecule has 0 atom stereocenters. The normalized spacial score (nSPS) is 9.86. The van der Waals surface area contributed by atoms with Crippen molar-refractivity contribution in [3.63, 3.8) is 0 Å². The molecular weight excluding hydrogens is 298 g/mol. The molecule has 6 heteroatoms. The van der Waals surface area contributed by atoms with E-state index in [1.807, 2.05) is 19.1 Å². The van der Waals surface area contributed by atoms with E-state index in [0.717, 1.165) is 5.56 Å². The Morgan fingerprint density at radius 3 is 2.50 bits per heavy atom. The zero-order chi connectivity index (χ0) is 16.1. The molecule has 0 fully saturated rings. The van der Waals surface area contributed by atoms with Gasteiger partial charge in [-0.2, -0.15) is 0 Å². The van der Waals surface area contributed by atoms with Gasteiger partial charge in [-0.3, -0.25) is 14.9 Å². The van der Waals surface area contributed by atoms with Gasteiger partial charge in [-0.25, -0.2) is 0 Å². The fraction of sp³-hybridized carbons (Fsp3) is 0.0625. The van der Waals surface area contributed by atoms with E-state index in [2.05, 4.69) is 10.6 Å². The molecule has 22 heavy (non-hydrogen) atoms. The summed E-state index contributed by atoms with van der Waals surface area (Å²) in [6, 6.07) is 13.8. The quantitative estimate of drug-likeness (QED) is 0.759. The van der Waals surface area contributed by atoms with Gasteiger partial charge in [0.25, 0.3) is 5.91 Å². The third-order valence-corrected chi connectivity index (χ3v) is 3.23. The fourth-order valence-corrected chi connectivity index (χ4v) is 2.12. The number of benzene rings is 2. The fourth-order valence-electron chi connectivity index (χ4n) is 1.91. The molecule has 2 rings (SSSR count). The van der Waals surface area contributed by atoms with Crippen molar-refractivity contribution in [2.75, 3.05) is 5.32 Å². The summed E-state index contributed by atoms with van der Waals surface area (Å²) >= 11 is 5.11. The van der Waals surface area contributed by atoms with Crippen LogP contribution in [-0.4, -0.2) is 16.9 Å². The first-order chi connectivity index (χ1) is 10.5. The molecule has 4 N–H and O–H groups in total. The highest BCUT2D eigenvalue weighted by molar-refractivity contribution is 7.80. The SMILES string of the molecule is Cc1ccccc1C(=O)NC(=S)Nc1cccc(C(N)=O)c1. The molecular formula is C16H15N3O2S. The van der Waals surface area contributed by atoms with Crippen molar-refractivity contribution in [3.05, 3.63) is 65.2 Å². The van der Waals surface area contributed by atoms with Gasteiger partial charge in [0.1, 0.15) is 0 Å². The van der Waals surface area contributed by atoms with E-state index >= 15 is 0 Å². The third kappa shape index (κ3) is 3.89. The summed E-state index contributed by atoms with van der Waals surface area (Å²) in [4.78, 5) is 23.3. The predicted molar refractivity (Wildman–Crippen MR) is 89.8 cm³/mol. The van der Waals surface area contributed by atoms with Crippen LogP contribution >= 0.6 is 12.2 Å². The Bertz CT molecular complexity index is 744. The Morgan fingerprint density at radius 1 is 1.09 bits per heavy atom. The van der Waals surface area contributed by atoms with Crippen LogP contribution in [0.5, 0.6) is 0 Å². The molecule has 0 aliphatic heterocycles. The molecule has 0 heterocycles. The molecule has 0 bridgehead atoms. The highest BCUT2D eigenvalue weighted by Crippen LogP contribution is 2.11. The summed E-state index contributed by atoms with van der Waals surface area (Å²) in [7, 11) is 0. The lowest BCUT2D eigenvalue weighted by molar-refractivity contribution is 0.0974. The van der Waals surface area contributed by atoms with Crippen molar-refractivity contribution >= 4 is 34.8 Å². The number of nitrogens with one attached hydrogen (secondary N) is 2. The van der Waals surface area contributed by atoms with Gasteiger partial charge in [-0.15, -0.1) is 0 Å². The average molecular weight is 313 g/mol. The summed E-state index contributed by atoms with van der Waals surface area (Å²) in [6.07, 6.45) is 0. The smallest absolute Gasteiger partial charge is 0.257 e. The van der Waals surface area contributed by atoms with Crippen LogP contribution < -0.4 is 16.4 Å². The van der Waals surface area contributed by atoms with Crippen molar-refractivity contribution in [1.29, 1.82) is 0 Å². The Balaban J connectivity index is 2.04. The Morgan fingerprint density at radius 2 is 1.82 bits per heavy atom. The molecule has 0 unspecified atom stereocenters. The topological polar surface area (TPSA) is 84.2 Å². The van der Waals surface area contributed by atoms with Crippen LogP contribution in [0.4, 0.5) is 5.69 Å². The zero-order valence-electron chi connectivity index (χ0n) is 11.9. The van der Waals surface area contributed by atoms with Crippen LogP contribution in [0, 0.1) is 6.92 Å². The number of hydrogen-bond acceptors (Lipinski definition) is 3. The first kappa shape index (κ1) is 15.7. The first-order valence-corrected chi connectivity index (χ1v) is 6.96. The Kier molecular flexibility index (Phi) is 4.85. The minimum absolute atomic E-state index is 0.148. The van der Waals surface area contributed by atoms with Crippen LogP contribution in [0.1, 0.15) is 26.3 Å². The highest BCUT2D eigenvalue weighted by atomic mass is 32.1. The second-order valence-corrected chi connectivity index (χ2v) is 5.08. The largest absolute Gasteiger partial charge is 0.366 e. The van der Waals surface area contributed by atoms with E-state index < -0.39 is 5.91 Å². The summed E-state index contributed by atoms with van der Waals surface area (Å²) in [6.45, 7) is 1.85. The zero-order valence-corrected chi connectivity index (χ0v) is 12.7. The summed E-state index contributed by atoms with van der Waals surface area (Å²) < 4.78 is 0. The number of anilines is 1. The van der Waals surface area contributed by atoms with Gasteiger partial charge in [-0.1, -0.05) is 24.3 Å². The van der Waals surface area contributed by atoms with E-state index in [9.17, 15) is 9.59 Å². The van der Waals surface area contributed by atoms with E-state index in [-0.39, 0.29) is 11.0 Å². The van der Waals surface area contributed by atoms with Gasteiger partial charge in [0.15, 0.2) is 5.11 Å². The standard InChI is InChI=1S/C16H15N3O2S/c1-10-5-2-3-8-13(10)15(21)19-16(22)18-12-7-4-6-11(9-12)14(17)20/h2-9H,1H3,(H2,17,20)(H2,18,19,21,22). The third-order valence-electron chi connectivity index (χ3n) is 3.02. The number of aryl methyl sites for hydroxylation is 1. The number of carbonyl (C=O) groups excluding carboxylic acids is 2. The van der Waals surface area contributed by atoms with Crippen LogP contribution in [0.15, 0.2) is 48.5 Å². The monoisotopic (exact) mass is 313 g/mol. The van der Waals surface area contributed by atoms with Crippen molar-refractivity contribution in [2.45, 2.75) is 6.92 Å². The van der Waals surface area contributed by atoms with Gasteiger partial charge in [0, 0.05) is 16.8 Å². The van der Waals surface area contributed by atoms with Crippen molar-refractivity contribution in [3.8, 4) is 0 Å². The number of carbonyl (C=O) groups is 2. The lowest BCUT2D eigenvalue weighted by Gasteiger charge is -2.11. The summed E-state index contributed by atoms with van der Waals surface area (Å²) in [5, 5.41) is 5.60. The molecule has 112 valence electrons. The average Bonchev–Trinajstić information content (AvgIpc) is 2.47. The number of rotatable bonds is 3. The van der Waals surface area contributed by atoms with Crippen molar-refractivity contribution in [2.24, 2.45) is 5.73 Å². The van der Waals surface area contributed by atoms with Crippen molar-refractivity contribution in [1.82, 2.24) is 5.32 Å². The van der Waals surface area contributed by atoms with Gasteiger partial charge in [0.2, 0.25) is 5.91 Å². The second-order valence-electron chi connectivity index (χ2n) is 4.67. The van der Waals surface area contributed by atoms with E-state index in [0.29, 0.717) is 16.8 Å². The molecule has 0 spiro atoms. The predicted octanol–water partition coefficient (Wildman–Crippen LogP) is 2.22. The number of nitrogens with two attached hydrogens (primary N) is 1. The first-order valence-electron chi connectivity index (χ1n) is 6.55. The minimum atomic E-state index is -0.529. The molecule has 0 aliphatic rings. The highest BCUT2D eigenvalue weighted by Gasteiger charge is 2.10. The van der Waals surface area contributed by atoms with Crippen LogP contribution in [-0.2, 0) is 0 Å². The maximum absolute atomic E-state index is 12.1. The Hall–Kier alpha value is -2.73. The van der Waals surface area contributed by atoms with E-state index in [1.165, 1.54) is 0 Å². The molecule has 2 aromatic rings. The molecule has 0 aromatic heterocycles. The number of thiocarbonyl (C=S) groups is 1. The summed E-state index contributed by atoms with van der Waals surface area (Å²) in [5.41, 5.74) is 7.57. The lowest BCUT2D eigenvalue weighted by atomic mass is 10.1. The van der Waals surface area contributed by atoms with Gasteiger partial charge in [-0.05, 0) is 49.0 Å². The number of primary amides is 1. The molecule has 5 nitrogen and oxygen atoms in total. The maximum atomic E-state index is 12.1. The molecule has 0 saturated carbocycles. The number of hydrogen-bond donors (Lipinski definition) is 3. The molecule has 0 radical (unpaired) electrons. The molecule has 2 amide bonds. The van der Waals surface area contributed by atoms with Crippen LogP contribution in [0.25, 0.3) is 0 Å². The van der Waals surface area contributed by atoms with Crippen LogP contribution in [0.2, 0.25) is 0 Å². The van der Waals surface area contributed by atoms with Gasteiger partial charge >= 0.3 is 0 Å². The molecule has 2 aromatic carbocycles. The lowest BCUT2D eigenvalue weighted by Crippen LogP contribution is -2.34. The van der Waals surface area contributed by atoms with E-state index in [1.54, 1.807) is 36.4 Å². The molecule has 0 saturated heterocycles. The Labute approximate surface area is 133 Å². The number of amides is 2. The van der Waals surface area contributed by atoms with Crippen LogP contribution in [0.3, 0.4) is 0 Å². The van der Waals surface area contributed by atoms with Gasteiger partial charge < -0.3 is 11.1 Å². The van der Waals surface area contributed by atoms with Gasteiger partial charge in [0.05, 0.1) is 0 Å². The molecule has 0 aliphatic carbocycles. The van der Waals surface area contributed by atoms with Crippen molar-refractivity contribution < 1.29 is 9.59 Å².